The van der Waals surface area contributed by atoms with Gasteiger partial charge in [0, 0.05) is 30.4 Å². The highest BCUT2D eigenvalue weighted by atomic mass is 32.1. The lowest BCUT2D eigenvalue weighted by atomic mass is 9.76. The van der Waals surface area contributed by atoms with E-state index in [9.17, 15) is 4.79 Å². The lowest BCUT2D eigenvalue weighted by molar-refractivity contribution is 0.0645. The van der Waals surface area contributed by atoms with E-state index in [0.29, 0.717) is 12.2 Å². The molecule has 2 aromatic rings. The molecule has 1 atom stereocenters. The second kappa shape index (κ2) is 6.18. The third-order valence-electron chi connectivity index (χ3n) is 4.40. The standard InChI is InChI=1S/C17H21N3OS/c1-17(13-6-3-2-4-7-13)8-5-9-20(12-17)16(21)14-11-22-15(10-18)19-14/h2-4,6-7,11H,5,8-10,12,18H2,1H3. The second-order valence-electron chi connectivity index (χ2n) is 6.09. The molecule has 2 N–H and O–H groups in total. The fourth-order valence-electron chi connectivity index (χ4n) is 3.15. The molecule has 116 valence electrons. The van der Waals surface area contributed by atoms with Crippen LogP contribution in [0.1, 0.15) is 40.8 Å². The van der Waals surface area contributed by atoms with Gasteiger partial charge in [0.25, 0.3) is 5.91 Å². The van der Waals surface area contributed by atoms with Crippen molar-refractivity contribution in [1.82, 2.24) is 9.88 Å². The molecular formula is C17H21N3OS. The van der Waals surface area contributed by atoms with Gasteiger partial charge in [-0.3, -0.25) is 4.79 Å². The zero-order valence-corrected chi connectivity index (χ0v) is 13.6. The number of hydrogen-bond donors (Lipinski definition) is 1. The predicted molar refractivity (Wildman–Crippen MR) is 88.9 cm³/mol. The van der Waals surface area contributed by atoms with Crippen molar-refractivity contribution in [2.45, 2.75) is 31.7 Å². The minimum Gasteiger partial charge on any atom is -0.336 e. The van der Waals surface area contributed by atoms with Crippen LogP contribution >= 0.6 is 11.3 Å². The molecule has 0 radical (unpaired) electrons. The van der Waals surface area contributed by atoms with Gasteiger partial charge in [0.05, 0.1) is 0 Å². The first-order chi connectivity index (χ1) is 10.6. The number of benzene rings is 1. The molecule has 1 saturated heterocycles. The first-order valence-electron chi connectivity index (χ1n) is 7.62. The van der Waals surface area contributed by atoms with Gasteiger partial charge in [-0.15, -0.1) is 11.3 Å². The maximum atomic E-state index is 12.7. The minimum atomic E-state index is 0.0158. The van der Waals surface area contributed by atoms with E-state index in [1.165, 1.54) is 16.9 Å². The van der Waals surface area contributed by atoms with Crippen LogP contribution in [-0.2, 0) is 12.0 Å². The third kappa shape index (κ3) is 2.91. The Morgan fingerprint density at radius 3 is 2.86 bits per heavy atom. The Balaban J connectivity index is 1.79. The number of hydrogen-bond acceptors (Lipinski definition) is 4. The van der Waals surface area contributed by atoms with E-state index >= 15 is 0 Å². The summed E-state index contributed by atoms with van der Waals surface area (Å²) in [5.74, 6) is 0.0257. The number of likely N-dealkylation sites (tertiary alicyclic amines) is 1. The number of thiazole rings is 1. The molecule has 4 nitrogen and oxygen atoms in total. The molecule has 0 bridgehead atoms. The highest BCUT2D eigenvalue weighted by molar-refractivity contribution is 7.09. The van der Waals surface area contributed by atoms with E-state index in [0.717, 1.165) is 30.9 Å². The van der Waals surface area contributed by atoms with Gasteiger partial charge in [-0.2, -0.15) is 0 Å². The summed E-state index contributed by atoms with van der Waals surface area (Å²) in [5, 5.41) is 2.63. The number of amides is 1. The van der Waals surface area contributed by atoms with Crippen LogP contribution < -0.4 is 5.73 Å². The molecule has 1 aromatic carbocycles. The number of nitrogens with two attached hydrogens (primary N) is 1. The van der Waals surface area contributed by atoms with E-state index in [1.807, 2.05) is 16.3 Å². The molecule has 1 fully saturated rings. The summed E-state index contributed by atoms with van der Waals surface area (Å²) in [5.41, 5.74) is 7.43. The van der Waals surface area contributed by atoms with Gasteiger partial charge in [0.1, 0.15) is 10.7 Å². The number of nitrogens with zero attached hydrogens (tertiary/aromatic N) is 2. The van der Waals surface area contributed by atoms with Crippen molar-refractivity contribution >= 4 is 17.2 Å². The predicted octanol–water partition coefficient (Wildman–Crippen LogP) is 2.80. The second-order valence-corrected chi connectivity index (χ2v) is 7.03. The van der Waals surface area contributed by atoms with Gasteiger partial charge in [-0.25, -0.2) is 4.98 Å². The van der Waals surface area contributed by atoms with Gasteiger partial charge in [0.15, 0.2) is 0 Å². The van der Waals surface area contributed by atoms with E-state index in [1.54, 1.807) is 0 Å². The molecule has 0 spiro atoms. The normalized spacial score (nSPS) is 21.8. The minimum absolute atomic E-state index is 0.0158. The van der Waals surface area contributed by atoms with Crippen LogP contribution in [0.5, 0.6) is 0 Å². The molecule has 1 aliphatic rings. The van der Waals surface area contributed by atoms with Crippen LogP contribution in [0.15, 0.2) is 35.7 Å². The Bertz CT molecular complexity index is 655. The summed E-state index contributed by atoms with van der Waals surface area (Å²) in [6.07, 6.45) is 2.12. The van der Waals surface area contributed by atoms with Crippen molar-refractivity contribution in [1.29, 1.82) is 0 Å². The molecule has 1 amide bonds. The van der Waals surface area contributed by atoms with Crippen molar-refractivity contribution in [3.8, 4) is 0 Å². The number of piperidine rings is 1. The van der Waals surface area contributed by atoms with Crippen LogP contribution in [-0.4, -0.2) is 28.9 Å². The maximum Gasteiger partial charge on any atom is 0.273 e. The zero-order valence-electron chi connectivity index (χ0n) is 12.8. The van der Waals surface area contributed by atoms with Gasteiger partial charge in [-0.05, 0) is 18.4 Å². The van der Waals surface area contributed by atoms with E-state index in [2.05, 4.69) is 36.2 Å². The van der Waals surface area contributed by atoms with Crippen LogP contribution in [0, 0.1) is 0 Å². The van der Waals surface area contributed by atoms with Gasteiger partial charge in [0.2, 0.25) is 0 Å². The van der Waals surface area contributed by atoms with Crippen molar-refractivity contribution < 1.29 is 4.79 Å². The molecule has 0 saturated carbocycles. The first kappa shape index (κ1) is 15.2. The topological polar surface area (TPSA) is 59.2 Å². The number of carbonyl (C=O) groups excluding carboxylic acids is 1. The largest absolute Gasteiger partial charge is 0.336 e. The first-order valence-corrected chi connectivity index (χ1v) is 8.50. The molecule has 2 heterocycles. The molecule has 1 unspecified atom stereocenters. The van der Waals surface area contributed by atoms with E-state index < -0.39 is 0 Å². The Labute approximate surface area is 135 Å². The van der Waals surface area contributed by atoms with Crippen LogP contribution in [0.2, 0.25) is 0 Å². The summed E-state index contributed by atoms with van der Waals surface area (Å²) in [6, 6.07) is 10.5. The van der Waals surface area contributed by atoms with E-state index in [4.69, 9.17) is 5.73 Å². The fourth-order valence-corrected chi connectivity index (χ4v) is 3.80. The average Bonchev–Trinajstić information content (AvgIpc) is 3.04. The van der Waals surface area contributed by atoms with E-state index in [-0.39, 0.29) is 11.3 Å². The highest BCUT2D eigenvalue weighted by Gasteiger charge is 2.35. The number of aromatic nitrogens is 1. The Morgan fingerprint density at radius 1 is 1.41 bits per heavy atom. The number of carbonyl (C=O) groups is 1. The lowest BCUT2D eigenvalue weighted by Gasteiger charge is -2.40. The Hall–Kier alpha value is -1.72. The monoisotopic (exact) mass is 315 g/mol. The summed E-state index contributed by atoms with van der Waals surface area (Å²) in [4.78, 5) is 18.9. The van der Waals surface area contributed by atoms with Crippen LogP contribution in [0.3, 0.4) is 0 Å². The van der Waals surface area contributed by atoms with Crippen molar-refractivity contribution in [3.63, 3.8) is 0 Å². The smallest absolute Gasteiger partial charge is 0.273 e. The Morgan fingerprint density at radius 2 is 2.18 bits per heavy atom. The maximum absolute atomic E-state index is 12.7. The summed E-state index contributed by atoms with van der Waals surface area (Å²) >= 11 is 1.45. The average molecular weight is 315 g/mol. The van der Waals surface area contributed by atoms with Gasteiger partial charge < -0.3 is 10.6 Å². The SMILES string of the molecule is CC1(c2ccccc2)CCCN(C(=O)c2csc(CN)n2)C1. The molecule has 1 aromatic heterocycles. The zero-order chi connectivity index (χ0) is 15.6. The summed E-state index contributed by atoms with van der Waals surface area (Å²) in [7, 11) is 0. The molecule has 3 rings (SSSR count). The molecular weight excluding hydrogens is 294 g/mol. The molecule has 22 heavy (non-hydrogen) atoms. The third-order valence-corrected chi connectivity index (χ3v) is 5.27. The van der Waals surface area contributed by atoms with Crippen LogP contribution in [0.25, 0.3) is 0 Å². The summed E-state index contributed by atoms with van der Waals surface area (Å²) in [6.45, 7) is 4.18. The van der Waals surface area contributed by atoms with Crippen molar-refractivity contribution in [3.05, 3.63) is 52.0 Å². The quantitative estimate of drug-likeness (QED) is 0.947. The lowest BCUT2D eigenvalue weighted by Crippen LogP contribution is -2.47. The van der Waals surface area contributed by atoms with Crippen molar-refractivity contribution in [2.24, 2.45) is 5.73 Å². The molecule has 1 aliphatic heterocycles. The molecule has 5 heteroatoms. The molecule has 0 aliphatic carbocycles. The Kier molecular flexibility index (Phi) is 4.27. The summed E-state index contributed by atoms with van der Waals surface area (Å²) < 4.78 is 0. The number of rotatable bonds is 3. The van der Waals surface area contributed by atoms with Crippen LogP contribution in [0.4, 0.5) is 0 Å². The van der Waals surface area contributed by atoms with Crippen molar-refractivity contribution in [2.75, 3.05) is 13.1 Å². The van der Waals surface area contributed by atoms with Gasteiger partial charge >= 0.3 is 0 Å². The fraction of sp³-hybridized carbons (Fsp3) is 0.412. The highest BCUT2D eigenvalue weighted by Crippen LogP contribution is 2.34. The van der Waals surface area contributed by atoms with Gasteiger partial charge in [-0.1, -0.05) is 37.3 Å².